The van der Waals surface area contributed by atoms with Crippen LogP contribution >= 0.6 is 11.6 Å². The second-order valence-electron chi connectivity index (χ2n) is 5.62. The van der Waals surface area contributed by atoms with Crippen LogP contribution in [0.15, 0.2) is 17.0 Å². The summed E-state index contributed by atoms with van der Waals surface area (Å²) in [5.74, 6) is 0.697. The van der Waals surface area contributed by atoms with Crippen molar-refractivity contribution in [1.29, 1.82) is 0 Å². The van der Waals surface area contributed by atoms with Crippen LogP contribution in [0.4, 0.5) is 0 Å². The molecule has 2 atom stereocenters. The fourth-order valence-corrected chi connectivity index (χ4v) is 4.79. The average Bonchev–Trinajstić information content (AvgIpc) is 2.72. The summed E-state index contributed by atoms with van der Waals surface area (Å²) in [4.78, 5) is 0.204. The van der Waals surface area contributed by atoms with Gasteiger partial charge in [0, 0.05) is 18.1 Å². The molecule has 6 heteroatoms. The van der Waals surface area contributed by atoms with Gasteiger partial charge in [-0.1, -0.05) is 25.4 Å². The van der Waals surface area contributed by atoms with Crippen molar-refractivity contribution in [3.05, 3.63) is 28.3 Å². The summed E-state index contributed by atoms with van der Waals surface area (Å²) < 4.78 is 27.0. The third kappa shape index (κ3) is 2.72. The van der Waals surface area contributed by atoms with Gasteiger partial charge in [-0.15, -0.1) is 0 Å². The topological polar surface area (TPSA) is 57.6 Å². The Balaban J connectivity index is 2.48. The molecule has 20 heavy (non-hydrogen) atoms. The van der Waals surface area contributed by atoms with Gasteiger partial charge >= 0.3 is 0 Å². The molecule has 0 amide bonds. The number of halogens is 1. The van der Waals surface area contributed by atoms with Crippen LogP contribution in [0.3, 0.4) is 0 Å². The molecular weight excluding hydrogens is 298 g/mol. The minimum absolute atomic E-state index is 0.204. The van der Waals surface area contributed by atoms with Crippen molar-refractivity contribution in [1.82, 2.24) is 4.31 Å². The Hall–Kier alpha value is -0.620. The first kappa shape index (κ1) is 15.8. The van der Waals surface area contributed by atoms with Crippen molar-refractivity contribution in [2.24, 2.45) is 11.8 Å². The average molecular weight is 318 g/mol. The molecule has 0 aromatic heterocycles. The lowest BCUT2D eigenvalue weighted by molar-refractivity contribution is 0.280. The minimum atomic E-state index is -3.55. The van der Waals surface area contributed by atoms with Crippen molar-refractivity contribution >= 4 is 21.6 Å². The molecule has 1 aromatic carbocycles. The molecule has 0 spiro atoms. The maximum absolute atomic E-state index is 12.8. The number of rotatable bonds is 3. The van der Waals surface area contributed by atoms with Gasteiger partial charge in [0.05, 0.1) is 11.5 Å². The summed E-state index contributed by atoms with van der Waals surface area (Å²) in [5.41, 5.74) is 1.13. The van der Waals surface area contributed by atoms with E-state index in [4.69, 9.17) is 11.6 Å². The number of aliphatic hydroxyl groups excluding tert-OH is 1. The number of aliphatic hydroxyl groups is 1. The molecule has 0 radical (unpaired) electrons. The zero-order chi connectivity index (χ0) is 15.1. The Kier molecular flexibility index (Phi) is 4.44. The first-order valence-corrected chi connectivity index (χ1v) is 8.49. The maximum Gasteiger partial charge on any atom is 0.243 e. The van der Waals surface area contributed by atoms with Gasteiger partial charge in [0.25, 0.3) is 0 Å². The van der Waals surface area contributed by atoms with E-state index in [1.807, 2.05) is 0 Å². The van der Waals surface area contributed by atoms with E-state index in [1.54, 1.807) is 13.0 Å². The van der Waals surface area contributed by atoms with E-state index < -0.39 is 10.0 Å². The fraction of sp³-hybridized carbons (Fsp3) is 0.571. The highest BCUT2D eigenvalue weighted by Crippen LogP contribution is 2.32. The predicted octanol–water partition coefficient (Wildman–Crippen LogP) is 2.42. The molecule has 1 N–H and O–H groups in total. The second-order valence-corrected chi connectivity index (χ2v) is 7.97. The van der Waals surface area contributed by atoms with Crippen LogP contribution in [0.2, 0.25) is 5.02 Å². The molecule has 1 aliphatic heterocycles. The molecule has 1 aromatic rings. The molecule has 1 fully saturated rings. The highest BCUT2D eigenvalue weighted by molar-refractivity contribution is 7.89. The van der Waals surface area contributed by atoms with Crippen LogP contribution in [-0.2, 0) is 16.6 Å². The molecule has 1 aliphatic rings. The molecule has 0 saturated carbocycles. The number of hydrogen-bond donors (Lipinski definition) is 1. The lowest BCUT2D eigenvalue weighted by Gasteiger charge is -2.19. The van der Waals surface area contributed by atoms with E-state index >= 15 is 0 Å². The Morgan fingerprint density at radius 2 is 1.85 bits per heavy atom. The number of hydrogen-bond acceptors (Lipinski definition) is 3. The van der Waals surface area contributed by atoms with Gasteiger partial charge in [-0.3, -0.25) is 0 Å². The number of benzene rings is 1. The Morgan fingerprint density at radius 3 is 2.35 bits per heavy atom. The van der Waals surface area contributed by atoms with Gasteiger partial charge in [0.2, 0.25) is 10.0 Å². The van der Waals surface area contributed by atoms with Gasteiger partial charge in [-0.25, -0.2) is 8.42 Å². The molecule has 0 bridgehead atoms. The fourth-order valence-electron chi connectivity index (χ4n) is 2.55. The zero-order valence-corrected chi connectivity index (χ0v) is 13.5. The van der Waals surface area contributed by atoms with Crippen molar-refractivity contribution < 1.29 is 13.5 Å². The quantitative estimate of drug-likeness (QED) is 0.931. The van der Waals surface area contributed by atoms with E-state index in [-0.39, 0.29) is 11.5 Å². The van der Waals surface area contributed by atoms with Gasteiger partial charge in [-0.2, -0.15) is 4.31 Å². The summed E-state index contributed by atoms with van der Waals surface area (Å²) in [7, 11) is -3.55. The maximum atomic E-state index is 12.8. The van der Waals surface area contributed by atoms with Crippen molar-refractivity contribution in [2.45, 2.75) is 32.3 Å². The van der Waals surface area contributed by atoms with Crippen LogP contribution < -0.4 is 0 Å². The van der Waals surface area contributed by atoms with Crippen molar-refractivity contribution in [3.8, 4) is 0 Å². The zero-order valence-electron chi connectivity index (χ0n) is 11.9. The van der Waals surface area contributed by atoms with E-state index in [2.05, 4.69) is 13.8 Å². The highest BCUT2D eigenvalue weighted by atomic mass is 35.5. The van der Waals surface area contributed by atoms with Gasteiger partial charge < -0.3 is 5.11 Å². The van der Waals surface area contributed by atoms with Crippen LogP contribution in [0.5, 0.6) is 0 Å². The van der Waals surface area contributed by atoms with E-state index in [0.29, 0.717) is 41.1 Å². The summed E-state index contributed by atoms with van der Waals surface area (Å²) in [6.07, 6.45) is 0. The van der Waals surface area contributed by atoms with Gasteiger partial charge in [0.15, 0.2) is 0 Å². The van der Waals surface area contributed by atoms with Gasteiger partial charge in [0.1, 0.15) is 0 Å². The van der Waals surface area contributed by atoms with Crippen LogP contribution in [0.1, 0.15) is 25.0 Å². The van der Waals surface area contributed by atoms with Crippen LogP contribution in [-0.4, -0.2) is 30.9 Å². The Labute approximate surface area is 125 Å². The monoisotopic (exact) mass is 317 g/mol. The molecule has 4 nitrogen and oxygen atoms in total. The molecular formula is C14H20ClNO3S. The molecule has 2 unspecified atom stereocenters. The molecule has 1 heterocycles. The first-order chi connectivity index (χ1) is 9.27. The Bertz CT molecular complexity index is 605. The van der Waals surface area contributed by atoms with Crippen LogP contribution in [0, 0.1) is 18.8 Å². The third-order valence-electron chi connectivity index (χ3n) is 4.18. The number of nitrogens with zero attached hydrogens (tertiary/aromatic N) is 1. The summed E-state index contributed by atoms with van der Waals surface area (Å²) >= 11 is 5.98. The van der Waals surface area contributed by atoms with Gasteiger partial charge in [-0.05, 0) is 42.0 Å². The predicted molar refractivity (Wildman–Crippen MR) is 79.2 cm³/mol. The summed E-state index contributed by atoms with van der Waals surface area (Å²) in [6, 6.07) is 3.07. The molecule has 2 rings (SSSR count). The SMILES string of the molecule is Cc1c(CO)cc(Cl)cc1S(=O)(=O)N1CC(C)C(C)C1. The first-order valence-electron chi connectivity index (χ1n) is 6.67. The minimum Gasteiger partial charge on any atom is -0.392 e. The standard InChI is InChI=1S/C14H20ClNO3S/c1-9-6-16(7-10(9)2)20(18,19)14-5-13(15)4-12(8-17)11(14)3/h4-5,9-10,17H,6-8H2,1-3H3. The molecule has 1 saturated heterocycles. The Morgan fingerprint density at radius 1 is 1.30 bits per heavy atom. The largest absolute Gasteiger partial charge is 0.392 e. The number of sulfonamides is 1. The van der Waals surface area contributed by atoms with E-state index in [9.17, 15) is 13.5 Å². The molecule has 112 valence electrons. The lowest BCUT2D eigenvalue weighted by atomic mass is 10.0. The highest BCUT2D eigenvalue weighted by Gasteiger charge is 2.36. The van der Waals surface area contributed by atoms with Crippen molar-refractivity contribution in [2.75, 3.05) is 13.1 Å². The smallest absolute Gasteiger partial charge is 0.243 e. The lowest BCUT2D eigenvalue weighted by Crippen LogP contribution is -2.29. The van der Waals surface area contributed by atoms with Crippen LogP contribution in [0.25, 0.3) is 0 Å². The van der Waals surface area contributed by atoms with Crippen molar-refractivity contribution in [3.63, 3.8) is 0 Å². The summed E-state index contributed by atoms with van der Waals surface area (Å²) in [5, 5.41) is 9.65. The molecule has 0 aliphatic carbocycles. The third-order valence-corrected chi connectivity index (χ3v) is 6.35. The van der Waals surface area contributed by atoms with E-state index in [0.717, 1.165) is 0 Å². The van der Waals surface area contributed by atoms with E-state index in [1.165, 1.54) is 10.4 Å². The summed E-state index contributed by atoms with van der Waals surface area (Å²) in [6.45, 7) is 6.67. The second kappa shape index (κ2) is 5.64. The normalized spacial score (nSPS) is 24.2.